The third-order valence-corrected chi connectivity index (χ3v) is 6.15. The maximum Gasteiger partial charge on any atom is 0.109 e. The Bertz CT molecular complexity index is 391. The van der Waals surface area contributed by atoms with Crippen molar-refractivity contribution >= 4 is 0 Å². The Morgan fingerprint density at radius 3 is 2.86 bits per heavy atom. The normalized spacial score (nSPS) is 38.1. The van der Waals surface area contributed by atoms with Crippen LogP contribution in [0.15, 0.2) is 0 Å². The molecule has 1 saturated carbocycles. The Hall–Kier alpha value is -0.630. The molecule has 0 aromatic heterocycles. The highest BCUT2D eigenvalue weighted by Gasteiger charge is 2.41. The minimum atomic E-state index is -0.245. The van der Waals surface area contributed by atoms with Crippen molar-refractivity contribution in [3.05, 3.63) is 0 Å². The van der Waals surface area contributed by atoms with Gasteiger partial charge in [0.25, 0.3) is 0 Å². The molecule has 0 amide bonds. The molecule has 3 atom stereocenters. The molecular weight excluding hydrogens is 260 g/mol. The van der Waals surface area contributed by atoms with Crippen molar-refractivity contribution < 1.29 is 0 Å². The van der Waals surface area contributed by atoms with E-state index < -0.39 is 0 Å². The first-order valence-electron chi connectivity index (χ1n) is 8.84. The zero-order valence-corrected chi connectivity index (χ0v) is 13.5. The van der Waals surface area contributed by atoms with Crippen molar-refractivity contribution in [1.29, 1.82) is 5.26 Å². The smallest absolute Gasteiger partial charge is 0.109 e. The molecule has 0 radical (unpaired) electrons. The standard InChI is InChI=1S/C17H30N4/c1-19-17(14-18)8-2-5-15(17)7-12-20-9-4-11-21-10-3-6-16(21)13-20/h15-16,19H,2-13H2,1H3. The zero-order chi connectivity index (χ0) is 14.7. The van der Waals surface area contributed by atoms with E-state index >= 15 is 0 Å². The molecule has 118 valence electrons. The van der Waals surface area contributed by atoms with Gasteiger partial charge in [0.15, 0.2) is 0 Å². The van der Waals surface area contributed by atoms with Crippen LogP contribution in [-0.4, -0.2) is 61.2 Å². The average molecular weight is 290 g/mol. The van der Waals surface area contributed by atoms with E-state index in [1.165, 1.54) is 71.2 Å². The van der Waals surface area contributed by atoms with Gasteiger partial charge in [0, 0.05) is 12.6 Å². The van der Waals surface area contributed by atoms with E-state index in [-0.39, 0.29) is 5.54 Å². The lowest BCUT2D eigenvalue weighted by atomic mass is 9.86. The molecule has 3 fully saturated rings. The molecule has 3 aliphatic rings. The first kappa shape index (κ1) is 15.3. The Balaban J connectivity index is 1.54. The maximum absolute atomic E-state index is 9.56. The topological polar surface area (TPSA) is 42.3 Å². The van der Waals surface area contributed by atoms with E-state index in [1.807, 2.05) is 7.05 Å². The Morgan fingerprint density at radius 2 is 2.05 bits per heavy atom. The Kier molecular flexibility index (Phi) is 4.83. The second-order valence-corrected chi connectivity index (χ2v) is 7.20. The fourth-order valence-electron chi connectivity index (χ4n) is 4.83. The number of hydrogen-bond acceptors (Lipinski definition) is 4. The molecule has 3 unspecified atom stereocenters. The maximum atomic E-state index is 9.56. The van der Waals surface area contributed by atoms with E-state index in [9.17, 15) is 5.26 Å². The summed E-state index contributed by atoms with van der Waals surface area (Å²) in [7, 11) is 1.96. The van der Waals surface area contributed by atoms with Crippen molar-refractivity contribution in [3.8, 4) is 6.07 Å². The highest BCUT2D eigenvalue weighted by Crippen LogP contribution is 2.37. The first-order chi connectivity index (χ1) is 10.3. The molecule has 1 aliphatic carbocycles. The van der Waals surface area contributed by atoms with E-state index in [1.54, 1.807) is 0 Å². The van der Waals surface area contributed by atoms with Crippen LogP contribution in [0.5, 0.6) is 0 Å². The summed E-state index contributed by atoms with van der Waals surface area (Å²) in [6, 6.07) is 3.38. The highest BCUT2D eigenvalue weighted by atomic mass is 15.3. The molecule has 21 heavy (non-hydrogen) atoms. The number of nitriles is 1. The van der Waals surface area contributed by atoms with Crippen LogP contribution in [0.4, 0.5) is 0 Å². The summed E-state index contributed by atoms with van der Waals surface area (Å²) in [4.78, 5) is 5.37. The summed E-state index contributed by atoms with van der Waals surface area (Å²) in [5, 5.41) is 12.9. The molecule has 0 aromatic carbocycles. The van der Waals surface area contributed by atoms with Gasteiger partial charge in [-0.1, -0.05) is 6.42 Å². The summed E-state index contributed by atoms with van der Waals surface area (Å²) in [5.41, 5.74) is -0.245. The molecule has 2 saturated heterocycles. The number of hydrogen-bond donors (Lipinski definition) is 1. The van der Waals surface area contributed by atoms with Crippen molar-refractivity contribution in [1.82, 2.24) is 15.1 Å². The molecule has 0 aromatic rings. The van der Waals surface area contributed by atoms with E-state index in [4.69, 9.17) is 0 Å². The van der Waals surface area contributed by atoms with Crippen LogP contribution < -0.4 is 5.32 Å². The van der Waals surface area contributed by atoms with Crippen LogP contribution in [-0.2, 0) is 0 Å². The predicted molar refractivity (Wildman–Crippen MR) is 85.0 cm³/mol. The lowest BCUT2D eigenvalue weighted by molar-refractivity contribution is 0.200. The minimum Gasteiger partial charge on any atom is -0.302 e. The van der Waals surface area contributed by atoms with Gasteiger partial charge in [0.05, 0.1) is 6.07 Å². The lowest BCUT2D eigenvalue weighted by Gasteiger charge is -2.31. The third-order valence-electron chi connectivity index (χ3n) is 6.15. The van der Waals surface area contributed by atoms with Gasteiger partial charge in [0.1, 0.15) is 5.54 Å². The van der Waals surface area contributed by atoms with Gasteiger partial charge in [-0.2, -0.15) is 5.26 Å². The van der Waals surface area contributed by atoms with Crippen LogP contribution in [0.1, 0.15) is 44.9 Å². The number of fused-ring (bicyclic) bond motifs is 1. The second-order valence-electron chi connectivity index (χ2n) is 7.20. The number of nitrogens with one attached hydrogen (secondary N) is 1. The first-order valence-corrected chi connectivity index (χ1v) is 8.84. The summed E-state index contributed by atoms with van der Waals surface area (Å²) in [6.07, 6.45) is 8.73. The molecule has 4 heteroatoms. The number of nitrogens with zero attached hydrogens (tertiary/aromatic N) is 3. The molecule has 0 spiro atoms. The fraction of sp³-hybridized carbons (Fsp3) is 0.941. The van der Waals surface area contributed by atoms with Gasteiger partial charge in [0.2, 0.25) is 0 Å². The van der Waals surface area contributed by atoms with Gasteiger partial charge < -0.3 is 10.2 Å². The van der Waals surface area contributed by atoms with Crippen molar-refractivity contribution in [2.75, 3.05) is 39.8 Å². The summed E-state index contributed by atoms with van der Waals surface area (Å²) >= 11 is 0. The lowest BCUT2D eigenvalue weighted by Crippen LogP contribution is -2.46. The van der Waals surface area contributed by atoms with Gasteiger partial charge in [-0.3, -0.25) is 4.90 Å². The van der Waals surface area contributed by atoms with Crippen LogP contribution in [0.25, 0.3) is 0 Å². The van der Waals surface area contributed by atoms with Crippen molar-refractivity contribution in [2.45, 2.75) is 56.5 Å². The molecular formula is C17H30N4. The third kappa shape index (κ3) is 3.11. The van der Waals surface area contributed by atoms with E-state index in [2.05, 4.69) is 21.2 Å². The number of rotatable bonds is 4. The molecule has 0 bridgehead atoms. The van der Waals surface area contributed by atoms with Gasteiger partial charge in [-0.15, -0.1) is 0 Å². The summed E-state index contributed by atoms with van der Waals surface area (Å²) in [5.74, 6) is 0.537. The molecule has 3 rings (SSSR count). The summed E-state index contributed by atoms with van der Waals surface area (Å²) in [6.45, 7) is 6.30. The second kappa shape index (κ2) is 6.64. The van der Waals surface area contributed by atoms with Crippen molar-refractivity contribution in [3.63, 3.8) is 0 Å². The molecule has 2 aliphatic heterocycles. The molecule has 2 heterocycles. The largest absolute Gasteiger partial charge is 0.302 e. The molecule has 1 N–H and O–H groups in total. The molecule has 4 nitrogen and oxygen atoms in total. The zero-order valence-electron chi connectivity index (χ0n) is 13.5. The monoisotopic (exact) mass is 290 g/mol. The van der Waals surface area contributed by atoms with E-state index in [0.29, 0.717) is 5.92 Å². The van der Waals surface area contributed by atoms with Crippen LogP contribution >= 0.6 is 0 Å². The Labute approximate surface area is 129 Å². The summed E-state index contributed by atoms with van der Waals surface area (Å²) < 4.78 is 0. The van der Waals surface area contributed by atoms with Crippen LogP contribution in [0.2, 0.25) is 0 Å². The SMILES string of the molecule is CNC1(C#N)CCCC1CCN1CCCN2CCCC2C1. The van der Waals surface area contributed by atoms with Crippen molar-refractivity contribution in [2.24, 2.45) is 5.92 Å². The average Bonchev–Trinajstić information content (AvgIpc) is 3.07. The fourth-order valence-corrected chi connectivity index (χ4v) is 4.83. The quantitative estimate of drug-likeness (QED) is 0.858. The van der Waals surface area contributed by atoms with Gasteiger partial charge in [-0.25, -0.2) is 0 Å². The predicted octanol–water partition coefficient (Wildman–Crippen LogP) is 1.83. The van der Waals surface area contributed by atoms with Crippen LogP contribution in [0, 0.1) is 17.2 Å². The van der Waals surface area contributed by atoms with Gasteiger partial charge in [-0.05, 0) is 77.7 Å². The van der Waals surface area contributed by atoms with Crippen LogP contribution in [0.3, 0.4) is 0 Å². The highest BCUT2D eigenvalue weighted by molar-refractivity contribution is 5.13. The van der Waals surface area contributed by atoms with Gasteiger partial charge >= 0.3 is 0 Å². The Morgan fingerprint density at radius 1 is 1.19 bits per heavy atom. The van der Waals surface area contributed by atoms with E-state index in [0.717, 1.165) is 12.5 Å². The minimum absolute atomic E-state index is 0.245.